The van der Waals surface area contributed by atoms with Gasteiger partial charge in [-0.15, -0.1) is 0 Å². The van der Waals surface area contributed by atoms with Crippen LogP contribution in [0, 0.1) is 16.0 Å². The van der Waals surface area contributed by atoms with E-state index in [0.717, 1.165) is 12.1 Å². The van der Waals surface area contributed by atoms with E-state index in [1.165, 1.54) is 4.31 Å². The molecule has 7 nitrogen and oxygen atoms in total. The highest BCUT2D eigenvalue weighted by molar-refractivity contribution is 7.89. The number of rotatable bonds is 6. The predicted octanol–water partition coefficient (Wildman–Crippen LogP) is 3.11. The predicted molar refractivity (Wildman–Crippen MR) is 95.1 cm³/mol. The Bertz CT molecular complexity index is 789. The van der Waals surface area contributed by atoms with Gasteiger partial charge in [-0.3, -0.25) is 10.1 Å². The SMILES string of the molecule is CC(C)CCS(=O)(=O)N1CCN(c2ccc(C(F)(F)F)cc2[N+](=O)[O-])CC1. The molecule has 0 radical (unpaired) electrons. The molecule has 152 valence electrons. The lowest BCUT2D eigenvalue weighted by molar-refractivity contribution is -0.384. The second-order valence-electron chi connectivity index (χ2n) is 6.84. The first-order valence-corrected chi connectivity index (χ1v) is 10.1. The summed E-state index contributed by atoms with van der Waals surface area (Å²) in [5, 5.41) is 11.2. The minimum absolute atomic E-state index is 0.0328. The van der Waals surface area contributed by atoms with Gasteiger partial charge in [0, 0.05) is 32.2 Å². The molecule has 0 amide bonds. The molecule has 0 aromatic heterocycles. The van der Waals surface area contributed by atoms with Gasteiger partial charge in [-0.2, -0.15) is 17.5 Å². The van der Waals surface area contributed by atoms with Crippen molar-refractivity contribution < 1.29 is 26.5 Å². The number of hydrogen-bond donors (Lipinski definition) is 0. The van der Waals surface area contributed by atoms with Gasteiger partial charge in [-0.1, -0.05) is 13.8 Å². The van der Waals surface area contributed by atoms with Gasteiger partial charge in [0.2, 0.25) is 10.0 Å². The van der Waals surface area contributed by atoms with E-state index >= 15 is 0 Å². The van der Waals surface area contributed by atoms with Gasteiger partial charge in [0.25, 0.3) is 5.69 Å². The summed E-state index contributed by atoms with van der Waals surface area (Å²) in [6.45, 7) is 4.48. The minimum atomic E-state index is -4.67. The normalized spacial score (nSPS) is 16.7. The lowest BCUT2D eigenvalue weighted by atomic mass is 10.1. The van der Waals surface area contributed by atoms with Crippen molar-refractivity contribution in [2.24, 2.45) is 5.92 Å². The average molecular weight is 409 g/mol. The Labute approximate surface area is 156 Å². The molecule has 2 rings (SSSR count). The minimum Gasteiger partial charge on any atom is -0.363 e. The molecule has 1 aliphatic rings. The number of hydrogen-bond acceptors (Lipinski definition) is 5. The maximum atomic E-state index is 12.8. The fourth-order valence-electron chi connectivity index (χ4n) is 2.83. The van der Waals surface area contributed by atoms with E-state index in [0.29, 0.717) is 12.5 Å². The molecular formula is C16H22F3N3O4S. The molecule has 27 heavy (non-hydrogen) atoms. The summed E-state index contributed by atoms with van der Waals surface area (Å²) in [6, 6.07) is 2.39. The van der Waals surface area contributed by atoms with Crippen LogP contribution in [0.4, 0.5) is 24.5 Å². The van der Waals surface area contributed by atoms with E-state index in [9.17, 15) is 31.7 Å². The summed E-state index contributed by atoms with van der Waals surface area (Å²) in [5.74, 6) is 0.279. The maximum absolute atomic E-state index is 12.8. The van der Waals surface area contributed by atoms with Crippen molar-refractivity contribution in [1.29, 1.82) is 0 Å². The molecule has 0 bridgehead atoms. The number of benzene rings is 1. The molecule has 0 atom stereocenters. The van der Waals surface area contributed by atoms with Crippen molar-refractivity contribution in [3.8, 4) is 0 Å². The Morgan fingerprint density at radius 1 is 1.19 bits per heavy atom. The lowest BCUT2D eigenvalue weighted by Crippen LogP contribution is -2.49. The van der Waals surface area contributed by atoms with E-state index in [1.807, 2.05) is 13.8 Å². The standard InChI is InChI=1S/C16H22F3N3O4S/c1-12(2)5-10-27(25,26)21-8-6-20(7-9-21)14-4-3-13(16(17,18)19)11-15(14)22(23)24/h3-4,11-12H,5-10H2,1-2H3. The molecule has 1 aliphatic heterocycles. The van der Waals surface area contributed by atoms with Crippen LogP contribution in [0.15, 0.2) is 18.2 Å². The maximum Gasteiger partial charge on any atom is 0.416 e. The summed E-state index contributed by atoms with van der Waals surface area (Å²) in [6.07, 6.45) is -4.14. The van der Waals surface area contributed by atoms with Gasteiger partial charge in [0.15, 0.2) is 0 Å². The number of alkyl halides is 3. The van der Waals surface area contributed by atoms with Crippen LogP contribution >= 0.6 is 0 Å². The Morgan fingerprint density at radius 2 is 1.78 bits per heavy atom. The molecule has 1 heterocycles. The van der Waals surface area contributed by atoms with E-state index in [2.05, 4.69) is 0 Å². The second-order valence-corrected chi connectivity index (χ2v) is 8.93. The monoisotopic (exact) mass is 409 g/mol. The highest BCUT2D eigenvalue weighted by atomic mass is 32.2. The van der Waals surface area contributed by atoms with Crippen molar-refractivity contribution in [2.75, 3.05) is 36.8 Å². The Hall–Kier alpha value is -1.88. The lowest BCUT2D eigenvalue weighted by Gasteiger charge is -2.35. The van der Waals surface area contributed by atoms with Gasteiger partial charge in [0.1, 0.15) is 5.69 Å². The summed E-state index contributed by atoms with van der Waals surface area (Å²) < 4.78 is 64.4. The Kier molecular flexibility index (Phi) is 6.35. The third kappa shape index (κ3) is 5.32. The van der Waals surface area contributed by atoms with E-state index in [4.69, 9.17) is 0 Å². The first-order chi connectivity index (χ1) is 12.4. The number of sulfonamides is 1. The number of nitro groups is 1. The van der Waals surface area contributed by atoms with Crippen LogP contribution in [-0.4, -0.2) is 49.6 Å². The number of halogens is 3. The quantitative estimate of drug-likeness (QED) is 0.533. The third-order valence-electron chi connectivity index (χ3n) is 4.43. The first-order valence-electron chi connectivity index (χ1n) is 8.50. The van der Waals surface area contributed by atoms with E-state index in [1.54, 1.807) is 4.90 Å². The van der Waals surface area contributed by atoms with Crippen molar-refractivity contribution in [3.05, 3.63) is 33.9 Å². The molecule has 0 saturated carbocycles. The van der Waals surface area contributed by atoms with Crippen LogP contribution in [0.25, 0.3) is 0 Å². The van der Waals surface area contributed by atoms with Crippen LogP contribution in [0.2, 0.25) is 0 Å². The molecule has 0 aliphatic carbocycles. The van der Waals surface area contributed by atoms with Crippen molar-refractivity contribution >= 4 is 21.4 Å². The highest BCUT2D eigenvalue weighted by Crippen LogP contribution is 2.36. The van der Waals surface area contributed by atoms with Crippen LogP contribution in [0.1, 0.15) is 25.8 Å². The topological polar surface area (TPSA) is 83.8 Å². The van der Waals surface area contributed by atoms with Gasteiger partial charge in [-0.25, -0.2) is 8.42 Å². The first kappa shape index (κ1) is 21.4. The highest BCUT2D eigenvalue weighted by Gasteiger charge is 2.35. The molecule has 1 aromatic carbocycles. The summed E-state index contributed by atoms with van der Waals surface area (Å²) in [7, 11) is -3.41. The molecule has 0 spiro atoms. The van der Waals surface area contributed by atoms with Gasteiger partial charge in [0.05, 0.1) is 16.2 Å². The smallest absolute Gasteiger partial charge is 0.363 e. The van der Waals surface area contributed by atoms with Gasteiger partial charge in [-0.05, 0) is 24.5 Å². The van der Waals surface area contributed by atoms with Crippen molar-refractivity contribution in [3.63, 3.8) is 0 Å². The molecule has 0 N–H and O–H groups in total. The Morgan fingerprint density at radius 3 is 2.26 bits per heavy atom. The fraction of sp³-hybridized carbons (Fsp3) is 0.625. The molecule has 0 unspecified atom stereocenters. The zero-order chi connectivity index (χ0) is 20.4. The number of nitrogens with zero attached hydrogens (tertiary/aromatic N) is 3. The van der Waals surface area contributed by atoms with Gasteiger partial charge < -0.3 is 4.90 Å². The zero-order valence-corrected chi connectivity index (χ0v) is 15.9. The van der Waals surface area contributed by atoms with Crippen LogP contribution in [-0.2, 0) is 16.2 Å². The van der Waals surface area contributed by atoms with Crippen molar-refractivity contribution in [2.45, 2.75) is 26.4 Å². The van der Waals surface area contributed by atoms with Crippen molar-refractivity contribution in [1.82, 2.24) is 4.31 Å². The number of piperazine rings is 1. The zero-order valence-electron chi connectivity index (χ0n) is 15.1. The van der Waals surface area contributed by atoms with Crippen LogP contribution in [0.3, 0.4) is 0 Å². The summed E-state index contributed by atoms with van der Waals surface area (Å²) >= 11 is 0. The average Bonchev–Trinajstić information content (AvgIpc) is 2.59. The summed E-state index contributed by atoms with van der Waals surface area (Å²) in [4.78, 5) is 11.9. The molecule has 1 aromatic rings. The molecule has 11 heteroatoms. The molecule has 1 fully saturated rings. The largest absolute Gasteiger partial charge is 0.416 e. The Balaban J connectivity index is 2.15. The molecular weight excluding hydrogens is 387 g/mol. The van der Waals surface area contributed by atoms with E-state index in [-0.39, 0.29) is 43.5 Å². The molecule has 1 saturated heterocycles. The summed E-state index contributed by atoms with van der Waals surface area (Å²) in [5.41, 5.74) is -1.67. The number of nitro benzene ring substituents is 1. The second kappa shape index (κ2) is 8.01. The third-order valence-corrected chi connectivity index (χ3v) is 6.33. The van der Waals surface area contributed by atoms with Crippen LogP contribution < -0.4 is 4.90 Å². The fourth-order valence-corrected chi connectivity index (χ4v) is 4.58. The number of anilines is 1. The van der Waals surface area contributed by atoms with Crippen LogP contribution in [0.5, 0.6) is 0 Å². The van der Waals surface area contributed by atoms with Gasteiger partial charge >= 0.3 is 6.18 Å². The van der Waals surface area contributed by atoms with E-state index < -0.39 is 32.4 Å².